The second-order valence-corrected chi connectivity index (χ2v) is 15.1. The molecule has 3 N–H and O–H groups in total. The van der Waals surface area contributed by atoms with Crippen molar-refractivity contribution in [3.05, 3.63) is 64.2 Å². The summed E-state index contributed by atoms with van der Waals surface area (Å²) in [4.78, 5) is 49.3. The number of unbranched alkanes of at least 4 members (excludes halogenated alkanes) is 9. The van der Waals surface area contributed by atoms with Gasteiger partial charge in [0.2, 0.25) is 15.9 Å². The summed E-state index contributed by atoms with van der Waals surface area (Å²) in [6.07, 6.45) is 13.1. The highest BCUT2D eigenvalue weighted by Gasteiger charge is 2.33. The molecule has 0 bridgehead atoms. The van der Waals surface area contributed by atoms with Crippen molar-refractivity contribution in [1.29, 1.82) is 0 Å². The summed E-state index contributed by atoms with van der Waals surface area (Å²) in [6.45, 7) is 7.18. The lowest BCUT2D eigenvalue weighted by Gasteiger charge is -2.22. The largest absolute Gasteiger partial charge is 0.495 e. The predicted octanol–water partition coefficient (Wildman–Crippen LogP) is 6.13. The summed E-state index contributed by atoms with van der Waals surface area (Å²) in [6, 6.07) is 7.70. The molecule has 0 spiro atoms. The van der Waals surface area contributed by atoms with Crippen LogP contribution in [0.5, 0.6) is 5.75 Å². The van der Waals surface area contributed by atoms with Gasteiger partial charge in [-0.15, -0.1) is 0 Å². The minimum Gasteiger partial charge on any atom is -0.495 e. The van der Waals surface area contributed by atoms with Crippen LogP contribution in [-0.4, -0.2) is 63.9 Å². The molecule has 0 aliphatic carbocycles. The number of carbonyl (C=O) groups excluding carboxylic acids is 2. The van der Waals surface area contributed by atoms with E-state index in [0.29, 0.717) is 30.3 Å². The fraction of sp³-hybridized carbons (Fsp3) is 0.500. The quantitative estimate of drug-likeness (QED) is 0.0890. The number of ether oxygens (including phenoxy) is 1. The number of nitrogens with zero attached hydrogens (tertiary/aromatic N) is 5. The molecule has 2 amide bonds. The Hall–Kier alpha value is -4.28. The van der Waals surface area contributed by atoms with Gasteiger partial charge >= 0.3 is 0 Å². The molecule has 0 aliphatic heterocycles. The van der Waals surface area contributed by atoms with Gasteiger partial charge in [-0.2, -0.15) is 5.10 Å². The average molecular weight is 755 g/mol. The molecule has 52 heavy (non-hydrogen) atoms. The van der Waals surface area contributed by atoms with Gasteiger partial charge in [-0.1, -0.05) is 70.8 Å². The van der Waals surface area contributed by atoms with Crippen LogP contribution in [0.4, 0.5) is 11.4 Å². The number of hydrogen-bond donors (Lipinski definition) is 3. The first-order valence-corrected chi connectivity index (χ1v) is 20.3. The molecule has 282 valence electrons. The van der Waals surface area contributed by atoms with Crippen molar-refractivity contribution in [2.24, 2.45) is 0 Å². The number of rotatable bonds is 20. The first kappa shape index (κ1) is 40.5. The summed E-state index contributed by atoms with van der Waals surface area (Å²) in [7, 11) is -2.51. The number of carbonyl (C=O) groups is 2. The fourth-order valence-electron chi connectivity index (χ4n) is 6.02. The smallest absolute Gasteiger partial charge is 0.271 e. The molecule has 1 unspecified atom stereocenters. The van der Waals surface area contributed by atoms with E-state index in [1.54, 1.807) is 38.3 Å². The maximum absolute atomic E-state index is 14.4. The van der Waals surface area contributed by atoms with E-state index >= 15 is 0 Å². The first-order chi connectivity index (χ1) is 24.9. The Morgan fingerprint density at radius 1 is 0.923 bits per heavy atom. The van der Waals surface area contributed by atoms with Crippen LogP contribution in [0.25, 0.3) is 10.9 Å². The van der Waals surface area contributed by atoms with Gasteiger partial charge in [0.15, 0.2) is 11.9 Å². The molecule has 0 aliphatic rings. The summed E-state index contributed by atoms with van der Waals surface area (Å²) >= 11 is 1.05. The first-order valence-electron chi connectivity index (χ1n) is 17.7. The van der Waals surface area contributed by atoms with Crippen molar-refractivity contribution in [3.63, 3.8) is 0 Å². The van der Waals surface area contributed by atoms with Crippen LogP contribution in [-0.2, 0) is 19.6 Å². The van der Waals surface area contributed by atoms with Gasteiger partial charge in [-0.05, 0) is 62.5 Å². The van der Waals surface area contributed by atoms with E-state index in [4.69, 9.17) is 9.72 Å². The minimum atomic E-state index is -3.92. The molecule has 14 nitrogen and oxygen atoms in total. The lowest BCUT2D eigenvalue weighted by atomic mass is 10.1. The lowest BCUT2D eigenvalue weighted by molar-refractivity contribution is -0.118. The molecule has 2 aromatic heterocycles. The zero-order chi connectivity index (χ0) is 37.8. The van der Waals surface area contributed by atoms with E-state index in [2.05, 4.69) is 32.4 Å². The average Bonchev–Trinajstić information content (AvgIpc) is 3.44. The number of aromatic nitrogens is 5. The normalized spacial score (nSPS) is 12.2. The Morgan fingerprint density at radius 3 is 2.19 bits per heavy atom. The molecule has 0 radical (unpaired) electrons. The lowest BCUT2D eigenvalue weighted by Crippen LogP contribution is -2.34. The SMILES string of the molecule is CCCCCCCCCCCCNS(=O)(=O)c1ccc(OC)c(NC(=O)C(c2nc3c(NC(C)=O)cccc3c(=O)n2SC)n2nc(C)nc2C)c1. The van der Waals surface area contributed by atoms with Crippen molar-refractivity contribution in [2.45, 2.75) is 103 Å². The summed E-state index contributed by atoms with van der Waals surface area (Å²) < 4.78 is 37.5. The molecule has 4 aromatic rings. The maximum atomic E-state index is 14.4. The number of aryl methyl sites for hydroxylation is 2. The second-order valence-electron chi connectivity index (χ2n) is 12.6. The molecular formula is C36H50N8O6S2. The Balaban J connectivity index is 1.61. The predicted molar refractivity (Wildman–Crippen MR) is 206 cm³/mol. The number of methoxy groups -OCH3 is 1. The summed E-state index contributed by atoms with van der Waals surface area (Å²) in [5.74, 6) is -0.0725. The van der Waals surface area contributed by atoms with Crippen LogP contribution in [0.1, 0.15) is 102 Å². The van der Waals surface area contributed by atoms with E-state index in [1.807, 2.05) is 0 Å². The number of fused-ring (bicyclic) bond motifs is 1. The molecule has 2 heterocycles. The molecule has 0 saturated carbocycles. The van der Waals surface area contributed by atoms with E-state index in [9.17, 15) is 22.8 Å². The van der Waals surface area contributed by atoms with Crippen LogP contribution in [0.15, 0.2) is 46.1 Å². The Morgan fingerprint density at radius 2 is 1.60 bits per heavy atom. The van der Waals surface area contributed by atoms with Crippen LogP contribution < -0.4 is 25.7 Å². The van der Waals surface area contributed by atoms with Crippen LogP contribution in [0.3, 0.4) is 0 Å². The molecular weight excluding hydrogens is 705 g/mol. The molecule has 16 heteroatoms. The number of benzene rings is 2. The number of para-hydroxylation sites is 1. The van der Waals surface area contributed by atoms with Gasteiger partial charge < -0.3 is 15.4 Å². The van der Waals surface area contributed by atoms with Crippen molar-refractivity contribution >= 4 is 56.1 Å². The summed E-state index contributed by atoms with van der Waals surface area (Å²) in [5.41, 5.74) is 0.124. The van der Waals surface area contributed by atoms with E-state index in [0.717, 1.165) is 31.2 Å². The van der Waals surface area contributed by atoms with Crippen LogP contribution >= 0.6 is 11.9 Å². The summed E-state index contributed by atoms with van der Waals surface area (Å²) in [5, 5.41) is 10.2. The number of anilines is 2. The number of nitrogens with one attached hydrogen (secondary N) is 3. The third-order valence-corrected chi connectivity index (χ3v) is 10.8. The maximum Gasteiger partial charge on any atom is 0.271 e. The highest BCUT2D eigenvalue weighted by Crippen LogP contribution is 2.31. The van der Waals surface area contributed by atoms with Gasteiger partial charge in [0.1, 0.15) is 22.9 Å². The van der Waals surface area contributed by atoms with Crippen molar-refractivity contribution in [1.82, 2.24) is 28.4 Å². The minimum absolute atomic E-state index is 0.00852. The monoisotopic (exact) mass is 754 g/mol. The Labute approximate surface area is 309 Å². The molecule has 0 fully saturated rings. The Bertz CT molecular complexity index is 2030. The number of hydrogen-bond acceptors (Lipinski definition) is 10. The highest BCUT2D eigenvalue weighted by molar-refractivity contribution is 7.97. The van der Waals surface area contributed by atoms with Gasteiger partial charge in [-0.3, -0.25) is 14.4 Å². The zero-order valence-electron chi connectivity index (χ0n) is 30.8. The standard InChI is InChI=1S/C36H50N8O6S2/c1-7-8-9-10-11-12-13-14-15-16-22-37-52(48,49)27-20-21-31(50-5)30(23-27)40-35(46)33(43-25(3)38-24(2)42-43)34-41-32-28(36(47)44(34)51-6)18-17-19-29(32)39-26(4)45/h17-21,23,33,37H,7-16,22H2,1-6H3,(H,39,45)(H,40,46). The van der Waals surface area contributed by atoms with Crippen molar-refractivity contribution in [3.8, 4) is 5.75 Å². The molecule has 2 aromatic carbocycles. The van der Waals surface area contributed by atoms with Crippen LogP contribution in [0.2, 0.25) is 0 Å². The zero-order valence-corrected chi connectivity index (χ0v) is 32.5. The third-order valence-electron chi connectivity index (χ3n) is 8.59. The topological polar surface area (TPSA) is 179 Å². The second kappa shape index (κ2) is 19.0. The van der Waals surface area contributed by atoms with E-state index in [-0.39, 0.29) is 39.0 Å². The van der Waals surface area contributed by atoms with Crippen molar-refractivity contribution < 1.29 is 22.7 Å². The number of amides is 2. The Kier molecular flexibility index (Phi) is 14.8. The number of sulfonamides is 1. The third kappa shape index (κ3) is 10.2. The van der Waals surface area contributed by atoms with Crippen molar-refractivity contribution in [2.75, 3.05) is 30.5 Å². The highest BCUT2D eigenvalue weighted by atomic mass is 32.2. The van der Waals surface area contributed by atoms with Crippen LogP contribution in [0, 0.1) is 13.8 Å². The molecule has 4 rings (SSSR count). The molecule has 0 saturated heterocycles. The van der Waals surface area contributed by atoms with Gasteiger partial charge in [-0.25, -0.2) is 31.8 Å². The van der Waals surface area contributed by atoms with E-state index in [1.165, 1.54) is 79.4 Å². The van der Waals surface area contributed by atoms with Gasteiger partial charge in [0.25, 0.3) is 11.5 Å². The van der Waals surface area contributed by atoms with E-state index < -0.39 is 27.5 Å². The van der Waals surface area contributed by atoms with Gasteiger partial charge in [0, 0.05) is 19.7 Å². The fourth-order valence-corrected chi connectivity index (χ4v) is 7.71. The molecule has 1 atom stereocenters. The van der Waals surface area contributed by atoms with Gasteiger partial charge in [0.05, 0.1) is 28.8 Å².